The van der Waals surface area contributed by atoms with Gasteiger partial charge in [-0.05, 0) is 107 Å². The Hall–Kier alpha value is -5.04. The molecule has 290 valence electrons. The molecule has 0 aliphatic carbocycles. The van der Waals surface area contributed by atoms with Gasteiger partial charge in [-0.25, -0.2) is 9.97 Å². The van der Waals surface area contributed by atoms with Crippen LogP contribution in [0.25, 0.3) is 22.3 Å². The third kappa shape index (κ3) is 7.63. The number of nitrogens with one attached hydrogen (secondary N) is 1. The number of esters is 1. The molecule has 0 saturated carbocycles. The van der Waals surface area contributed by atoms with Crippen molar-refractivity contribution in [3.8, 4) is 17.0 Å². The molecular weight excluding hydrogens is 695 g/mol. The average molecular weight is 748 g/mol. The topological polar surface area (TPSA) is 150 Å². The number of fused-ring (bicyclic) bond motifs is 3. The lowest BCUT2D eigenvalue weighted by Gasteiger charge is -2.35. The van der Waals surface area contributed by atoms with Crippen LogP contribution >= 0.6 is 0 Å². The highest BCUT2D eigenvalue weighted by Crippen LogP contribution is 2.39. The average Bonchev–Trinajstić information content (AvgIpc) is 3.83. The number of para-hydroxylation sites is 1. The number of ether oxygens (including phenoxy) is 1. The summed E-state index contributed by atoms with van der Waals surface area (Å²) in [5.41, 5.74) is 5.67. The van der Waals surface area contributed by atoms with Crippen molar-refractivity contribution in [1.82, 2.24) is 35.2 Å². The van der Waals surface area contributed by atoms with Gasteiger partial charge in [0.25, 0.3) is 0 Å². The minimum atomic E-state index is -0.432. The summed E-state index contributed by atoms with van der Waals surface area (Å²) in [6.45, 7) is 14.5. The number of hydrogen-bond donors (Lipinski definition) is 2. The number of phenolic OH excluding ortho intramolecular Hbond substituents is 1. The number of carbonyl (C=O) groups excluding carboxylic acids is 1. The van der Waals surface area contributed by atoms with Gasteiger partial charge in [0.15, 0.2) is 17.2 Å². The van der Waals surface area contributed by atoms with Crippen molar-refractivity contribution in [2.24, 2.45) is 11.8 Å². The van der Waals surface area contributed by atoms with Gasteiger partial charge >= 0.3 is 5.97 Å². The zero-order valence-electron chi connectivity index (χ0n) is 32.4. The van der Waals surface area contributed by atoms with E-state index in [0.29, 0.717) is 35.5 Å². The maximum absolute atomic E-state index is 12.5. The van der Waals surface area contributed by atoms with E-state index in [1.807, 2.05) is 63.5 Å². The molecule has 2 fully saturated rings. The predicted octanol–water partition coefficient (Wildman–Crippen LogP) is 7.02. The zero-order valence-corrected chi connectivity index (χ0v) is 32.4. The van der Waals surface area contributed by atoms with Crippen LogP contribution in [0.15, 0.2) is 53.3 Å². The third-order valence-electron chi connectivity index (χ3n) is 12.1. The quantitative estimate of drug-likeness (QED) is 0.134. The van der Waals surface area contributed by atoms with Crippen LogP contribution < -0.4 is 9.80 Å². The number of aromatic hydroxyl groups is 1. The summed E-state index contributed by atoms with van der Waals surface area (Å²) in [5, 5.41) is 24.7. The highest BCUT2D eigenvalue weighted by Gasteiger charge is 2.33. The minimum absolute atomic E-state index is 0.0516. The van der Waals surface area contributed by atoms with Crippen LogP contribution in [-0.2, 0) is 16.0 Å². The normalized spacial score (nSPS) is 19.3. The summed E-state index contributed by atoms with van der Waals surface area (Å²) in [4.78, 5) is 33.1. The first-order valence-corrected chi connectivity index (χ1v) is 20.1. The van der Waals surface area contributed by atoms with Crippen molar-refractivity contribution in [1.29, 1.82) is 0 Å². The van der Waals surface area contributed by atoms with Gasteiger partial charge in [0.2, 0.25) is 5.95 Å². The number of hydrogen-bond acceptors (Lipinski definition) is 12. The first-order valence-electron chi connectivity index (χ1n) is 20.1. The highest BCUT2D eigenvalue weighted by molar-refractivity contribution is 5.86. The molecule has 0 radical (unpaired) electrons. The molecule has 4 aromatic heterocycles. The minimum Gasteiger partial charge on any atom is -0.507 e. The van der Waals surface area contributed by atoms with Gasteiger partial charge in [0.1, 0.15) is 11.7 Å². The number of likely N-dealkylation sites (tertiary alicyclic amines) is 1. The molecule has 2 atom stereocenters. The van der Waals surface area contributed by atoms with E-state index in [9.17, 15) is 9.90 Å². The van der Waals surface area contributed by atoms with Gasteiger partial charge in [-0.1, -0.05) is 31.1 Å². The van der Waals surface area contributed by atoms with Gasteiger partial charge < -0.3 is 34.1 Å². The Morgan fingerprint density at radius 2 is 1.78 bits per heavy atom. The Bertz CT molecular complexity index is 2080. The Morgan fingerprint density at radius 3 is 2.51 bits per heavy atom. The van der Waals surface area contributed by atoms with Gasteiger partial charge in [0, 0.05) is 66.7 Å². The Labute approximate surface area is 322 Å². The second-order valence-electron chi connectivity index (χ2n) is 15.9. The lowest BCUT2D eigenvalue weighted by atomic mass is 9.90. The molecule has 7 heterocycles. The molecule has 2 saturated heterocycles. The highest BCUT2D eigenvalue weighted by atomic mass is 16.5. The Morgan fingerprint density at radius 1 is 1.02 bits per heavy atom. The van der Waals surface area contributed by atoms with E-state index in [1.165, 1.54) is 23.2 Å². The fourth-order valence-electron chi connectivity index (χ4n) is 8.93. The van der Waals surface area contributed by atoms with E-state index in [1.54, 1.807) is 6.07 Å². The number of carbonyl (C=O) groups is 1. The van der Waals surface area contributed by atoms with E-state index in [0.717, 1.165) is 94.2 Å². The lowest BCUT2D eigenvalue weighted by molar-refractivity contribution is -0.146. The van der Waals surface area contributed by atoms with Crippen molar-refractivity contribution < 1.29 is 19.2 Å². The van der Waals surface area contributed by atoms with E-state index in [2.05, 4.69) is 42.0 Å². The molecule has 1 unspecified atom stereocenters. The summed E-state index contributed by atoms with van der Waals surface area (Å²) >= 11 is 0. The number of piperidine rings is 2. The van der Waals surface area contributed by atoms with Crippen LogP contribution in [0.5, 0.6) is 5.75 Å². The standard InChI is InChI=1S/C42H53N9O4/c1-5-54-41(53)38(26(2)3)36-23-37(48-55-36)50-19-11-28(12-20-50)10-16-49-17-13-29(14-18-49)30-24-43-42(44-25-30)51-21-15-33-39(27(51)4)32-22-34(46-47-40(32)45-33)31-8-6-7-9-35(31)52/h6-9,22-29,38,52H,5,10-21H2,1-4H3,(H,45,47)/t27-,38?/m1/s1. The maximum Gasteiger partial charge on any atom is 0.317 e. The fraction of sp³-hybridized carbons (Fsp3) is 0.524. The third-order valence-corrected chi connectivity index (χ3v) is 12.1. The maximum atomic E-state index is 12.5. The number of aromatic amines is 1. The summed E-state index contributed by atoms with van der Waals surface area (Å²) in [5.74, 6) is 2.93. The molecule has 8 rings (SSSR count). The van der Waals surface area contributed by atoms with E-state index in [-0.39, 0.29) is 23.7 Å². The van der Waals surface area contributed by atoms with Crippen molar-refractivity contribution in [2.45, 2.75) is 84.1 Å². The summed E-state index contributed by atoms with van der Waals surface area (Å²) < 4.78 is 11.0. The number of anilines is 2. The largest absolute Gasteiger partial charge is 0.507 e. The van der Waals surface area contributed by atoms with Gasteiger partial charge in [0.05, 0.1) is 18.3 Å². The molecule has 1 aromatic carbocycles. The van der Waals surface area contributed by atoms with Crippen molar-refractivity contribution in [3.05, 3.63) is 71.4 Å². The van der Waals surface area contributed by atoms with Crippen LogP contribution in [0.3, 0.4) is 0 Å². The Kier molecular flexibility index (Phi) is 10.7. The van der Waals surface area contributed by atoms with Gasteiger partial charge in [-0.15, -0.1) is 10.2 Å². The summed E-state index contributed by atoms with van der Waals surface area (Å²) in [6, 6.07) is 11.3. The molecule has 2 N–H and O–H groups in total. The molecule has 13 nitrogen and oxygen atoms in total. The monoisotopic (exact) mass is 747 g/mol. The van der Waals surface area contributed by atoms with Crippen LogP contribution in [0, 0.1) is 11.8 Å². The summed E-state index contributed by atoms with van der Waals surface area (Å²) in [7, 11) is 0. The molecule has 0 bridgehead atoms. The predicted molar refractivity (Wildman–Crippen MR) is 211 cm³/mol. The number of phenols is 1. The van der Waals surface area contributed by atoms with Gasteiger partial charge in [-0.2, -0.15) is 0 Å². The number of H-pyrrole nitrogens is 1. The van der Waals surface area contributed by atoms with Crippen molar-refractivity contribution in [3.63, 3.8) is 0 Å². The van der Waals surface area contributed by atoms with Crippen LogP contribution in [0.4, 0.5) is 11.8 Å². The fourth-order valence-corrected chi connectivity index (χ4v) is 8.93. The zero-order chi connectivity index (χ0) is 38.1. The van der Waals surface area contributed by atoms with E-state index < -0.39 is 5.92 Å². The molecule has 3 aliphatic rings. The molecule has 5 aromatic rings. The molecule has 13 heteroatoms. The van der Waals surface area contributed by atoms with Crippen molar-refractivity contribution in [2.75, 3.05) is 55.7 Å². The van der Waals surface area contributed by atoms with Gasteiger partial charge in [-0.3, -0.25) is 4.79 Å². The number of rotatable bonds is 11. The lowest BCUT2D eigenvalue weighted by Crippen LogP contribution is -2.37. The second kappa shape index (κ2) is 16.0. The molecule has 55 heavy (non-hydrogen) atoms. The first-order chi connectivity index (χ1) is 26.8. The molecule has 0 amide bonds. The smallest absolute Gasteiger partial charge is 0.317 e. The van der Waals surface area contributed by atoms with Crippen LogP contribution in [0.2, 0.25) is 0 Å². The number of benzene rings is 1. The van der Waals surface area contributed by atoms with Crippen LogP contribution in [0.1, 0.15) is 100 Å². The van der Waals surface area contributed by atoms with E-state index >= 15 is 0 Å². The van der Waals surface area contributed by atoms with Crippen molar-refractivity contribution >= 4 is 28.8 Å². The number of aromatic nitrogens is 6. The van der Waals surface area contributed by atoms with E-state index in [4.69, 9.17) is 19.2 Å². The first kappa shape index (κ1) is 36.9. The molecule has 0 spiro atoms. The number of nitrogens with zero attached hydrogens (tertiary/aromatic N) is 8. The summed E-state index contributed by atoms with van der Waals surface area (Å²) in [6.07, 6.45) is 10.7. The molecule has 3 aliphatic heterocycles. The molecular formula is C42H53N9O4. The second-order valence-corrected chi connectivity index (χ2v) is 15.9. The SMILES string of the molecule is CCOC(=O)C(c1cc(N2CCC(CCN3CCC(c4cnc(N5CCc6[nH]c7nnc(-c8ccccc8O)cc7c6[C@H]5C)nc4)CC3)CC2)no1)C(C)C. The van der Waals surface area contributed by atoms with Crippen LogP contribution in [-0.4, -0.2) is 92.2 Å². The Balaban J connectivity index is 0.815.